The Hall–Kier alpha value is -8.92. The van der Waals surface area contributed by atoms with Crippen molar-refractivity contribution < 1.29 is 82.2 Å². The Morgan fingerprint density at radius 3 is 1.58 bits per heavy atom. The van der Waals surface area contributed by atoms with Crippen LogP contribution in [0.15, 0.2) is 182 Å². The second-order valence-electron chi connectivity index (χ2n) is 15.9. The van der Waals surface area contributed by atoms with Gasteiger partial charge in [0.15, 0.2) is 11.5 Å². The first-order chi connectivity index (χ1) is 36.2. The molecule has 0 bridgehead atoms. The molecule has 0 fully saturated rings. The van der Waals surface area contributed by atoms with E-state index in [4.69, 9.17) is 4.74 Å². The monoisotopic (exact) mass is 1130 g/mol. The molecule has 27 nitrogen and oxygen atoms in total. The topological polar surface area (TPSA) is 439 Å². The number of hydrogen-bond acceptors (Lipinski definition) is 23. The Balaban J connectivity index is 1.02. The Morgan fingerprint density at radius 2 is 0.961 bits per heavy atom. The predicted octanol–water partition coefficient (Wildman–Crippen LogP) is 10.7. The summed E-state index contributed by atoms with van der Waals surface area (Å²) in [5.41, 5.74) is -1.50. The zero-order valence-electron chi connectivity index (χ0n) is 38.7. The lowest BCUT2D eigenvalue weighted by atomic mass is 10.1. The van der Waals surface area contributed by atoms with Crippen molar-refractivity contribution in [3.8, 4) is 28.7 Å². The Morgan fingerprint density at radius 1 is 0.442 bits per heavy atom. The van der Waals surface area contributed by atoms with Crippen LogP contribution in [-0.4, -0.2) is 84.5 Å². The van der Waals surface area contributed by atoms with Crippen LogP contribution in [0.25, 0.3) is 21.5 Å². The molecule has 0 radical (unpaired) electrons. The molecule has 0 aliphatic heterocycles. The SMILES string of the molecule is COc1cc(N=Nc2c(S(=O)(=O)O)cc3cc(Nc4ccc5c(O)c(N=Nc6cc(CO)c(N=Nc7ccccc7S(=O)(=O)O)cc6O)ccc5c4)ccc3c2O)c(O)cc1N=Nc1ccc(S(=O)(=O)O)cc1S(=O)(=O)O. The standard InChI is InChI=1S/C46H35N9O18S4/c1-73-40-21-36(39(58)20-37(40)54-49-32-13-9-28(74(61,62)63)18-42(32)76(67,68)69)53-55-44-43(77(70,71)72)17-24-15-27(8-11-30(24)46(44)60)47-26-7-10-29-23(14-26)6-12-33(45(29)59)50-52-35-16-25(22-56)34(19-38(35)57)51-48-31-4-2-3-5-41(31)75(64,65)66/h2-21,47,56-60H,22H2,1H3,(H,61,62,63)(H,64,65,66)(H,67,68,69)(H,70,71,72). The number of nitrogens with one attached hydrogen (secondary N) is 1. The van der Waals surface area contributed by atoms with Gasteiger partial charge in [0.2, 0.25) is 0 Å². The molecule has 0 amide bonds. The third-order valence-electron chi connectivity index (χ3n) is 10.9. The van der Waals surface area contributed by atoms with Crippen molar-refractivity contribution in [2.45, 2.75) is 26.2 Å². The maximum absolute atomic E-state index is 12.7. The normalized spacial score (nSPS) is 12.8. The van der Waals surface area contributed by atoms with Crippen molar-refractivity contribution in [3.05, 3.63) is 127 Å². The number of aliphatic hydroxyl groups excluding tert-OH is 1. The molecule has 8 rings (SSSR count). The van der Waals surface area contributed by atoms with Gasteiger partial charge in [-0.3, -0.25) is 18.2 Å². The summed E-state index contributed by atoms with van der Waals surface area (Å²) in [7, 11) is -18.6. The van der Waals surface area contributed by atoms with Gasteiger partial charge in [0.1, 0.15) is 71.7 Å². The minimum atomic E-state index is -5.13. The van der Waals surface area contributed by atoms with E-state index in [9.17, 15) is 77.4 Å². The van der Waals surface area contributed by atoms with Crippen LogP contribution in [0.5, 0.6) is 28.7 Å². The molecule has 31 heteroatoms. The molecule has 77 heavy (non-hydrogen) atoms. The van der Waals surface area contributed by atoms with E-state index in [0.29, 0.717) is 28.2 Å². The highest BCUT2D eigenvalue weighted by atomic mass is 32.2. The quantitative estimate of drug-likeness (QED) is 0.0317. The molecule has 0 aliphatic rings. The van der Waals surface area contributed by atoms with Crippen LogP contribution in [0, 0.1) is 0 Å². The maximum Gasteiger partial charge on any atom is 0.296 e. The third-order valence-corrected chi connectivity index (χ3v) is 14.4. The number of fused-ring (bicyclic) bond motifs is 2. The van der Waals surface area contributed by atoms with Crippen molar-refractivity contribution >= 4 is 119 Å². The van der Waals surface area contributed by atoms with Gasteiger partial charge in [-0.25, -0.2) is 0 Å². The summed E-state index contributed by atoms with van der Waals surface area (Å²) in [6.07, 6.45) is 0. The van der Waals surface area contributed by atoms with E-state index in [1.165, 1.54) is 48.5 Å². The van der Waals surface area contributed by atoms with Crippen molar-refractivity contribution in [2.24, 2.45) is 40.9 Å². The van der Waals surface area contributed by atoms with Crippen LogP contribution >= 0.6 is 0 Å². The molecular weight excluding hydrogens is 1090 g/mol. The van der Waals surface area contributed by atoms with Gasteiger partial charge in [0.25, 0.3) is 40.5 Å². The number of azo groups is 4. The van der Waals surface area contributed by atoms with Gasteiger partial charge in [0, 0.05) is 45.9 Å². The lowest BCUT2D eigenvalue weighted by Crippen LogP contribution is -2.03. The van der Waals surface area contributed by atoms with Crippen molar-refractivity contribution in [1.82, 2.24) is 0 Å². The van der Waals surface area contributed by atoms with Crippen molar-refractivity contribution in [3.63, 3.8) is 0 Å². The molecule has 10 N–H and O–H groups in total. The van der Waals surface area contributed by atoms with Crippen molar-refractivity contribution in [2.75, 3.05) is 12.4 Å². The molecule has 0 saturated heterocycles. The fourth-order valence-electron chi connectivity index (χ4n) is 7.26. The maximum atomic E-state index is 12.7. The summed E-state index contributed by atoms with van der Waals surface area (Å²) in [4.78, 5) is -3.33. The summed E-state index contributed by atoms with van der Waals surface area (Å²) in [6, 6.07) is 24.7. The van der Waals surface area contributed by atoms with E-state index >= 15 is 0 Å². The number of ether oxygens (including phenoxy) is 1. The van der Waals surface area contributed by atoms with Crippen LogP contribution in [0.1, 0.15) is 5.56 Å². The van der Waals surface area contributed by atoms with Gasteiger partial charge in [-0.15, -0.1) is 35.8 Å². The van der Waals surface area contributed by atoms with E-state index in [2.05, 4.69) is 46.2 Å². The number of methoxy groups -OCH3 is 1. The Labute approximate surface area is 434 Å². The van der Waals surface area contributed by atoms with Gasteiger partial charge in [-0.1, -0.05) is 18.2 Å². The number of phenols is 4. The molecule has 0 aromatic heterocycles. The smallest absolute Gasteiger partial charge is 0.296 e. The van der Waals surface area contributed by atoms with E-state index in [1.54, 1.807) is 24.3 Å². The van der Waals surface area contributed by atoms with Gasteiger partial charge in [0.05, 0.1) is 24.3 Å². The molecule has 8 aromatic rings. The summed E-state index contributed by atoms with van der Waals surface area (Å²) < 4.78 is 140. The Kier molecular flexibility index (Phi) is 14.8. The number of hydrogen-bond donors (Lipinski definition) is 10. The summed E-state index contributed by atoms with van der Waals surface area (Å²) in [5.74, 6) is -2.42. The highest BCUT2D eigenvalue weighted by Crippen LogP contribution is 2.46. The minimum absolute atomic E-state index is 0.0152. The van der Waals surface area contributed by atoms with Crippen molar-refractivity contribution in [1.29, 1.82) is 0 Å². The number of rotatable bonds is 16. The average Bonchev–Trinajstić information content (AvgIpc) is 3.42. The zero-order valence-corrected chi connectivity index (χ0v) is 41.9. The minimum Gasteiger partial charge on any atom is -0.506 e. The van der Waals surface area contributed by atoms with Crippen LogP contribution in [-0.2, 0) is 47.1 Å². The molecule has 8 aromatic carbocycles. The first-order valence-corrected chi connectivity index (χ1v) is 27.0. The molecule has 0 aliphatic carbocycles. The number of anilines is 2. The fraction of sp³-hybridized carbons (Fsp3) is 0.0435. The molecule has 0 atom stereocenters. The van der Waals surface area contributed by atoms with Gasteiger partial charge < -0.3 is 35.6 Å². The number of phenolic OH excluding ortho intramolecular Hbond substituents is 4. The molecule has 0 spiro atoms. The van der Waals surface area contributed by atoms with E-state index in [-0.39, 0.29) is 56.3 Å². The van der Waals surface area contributed by atoms with Crippen LogP contribution in [0.4, 0.5) is 56.9 Å². The second kappa shape index (κ2) is 21.0. The fourth-order valence-corrected chi connectivity index (χ4v) is 9.77. The summed E-state index contributed by atoms with van der Waals surface area (Å²) in [6.45, 7) is -0.610. The number of aliphatic hydroxyl groups is 1. The van der Waals surface area contributed by atoms with Gasteiger partial charge in [-0.2, -0.15) is 38.8 Å². The summed E-state index contributed by atoms with van der Waals surface area (Å²) in [5, 5.41) is 89.1. The van der Waals surface area contributed by atoms with E-state index in [1.807, 2.05) is 0 Å². The van der Waals surface area contributed by atoms with Gasteiger partial charge >= 0.3 is 0 Å². The lowest BCUT2D eigenvalue weighted by Gasteiger charge is -2.12. The third kappa shape index (κ3) is 12.0. The first kappa shape index (κ1) is 54.3. The largest absolute Gasteiger partial charge is 0.506 e. The number of benzene rings is 8. The Bertz CT molecular complexity index is 4350. The number of aromatic hydroxyl groups is 4. The van der Waals surface area contributed by atoms with Crippen LogP contribution in [0.2, 0.25) is 0 Å². The molecular formula is C46H35N9O18S4. The first-order valence-electron chi connectivity index (χ1n) is 21.2. The average molecular weight is 1130 g/mol. The predicted molar refractivity (Wildman–Crippen MR) is 272 cm³/mol. The van der Waals surface area contributed by atoms with Gasteiger partial charge in [-0.05, 0) is 95.7 Å². The zero-order chi connectivity index (χ0) is 55.8. The van der Waals surface area contributed by atoms with E-state index in [0.717, 1.165) is 49.6 Å². The molecule has 0 saturated carbocycles. The van der Waals surface area contributed by atoms with Crippen LogP contribution < -0.4 is 10.1 Å². The highest BCUT2D eigenvalue weighted by molar-refractivity contribution is 7.87. The van der Waals surface area contributed by atoms with Crippen LogP contribution in [0.3, 0.4) is 0 Å². The lowest BCUT2D eigenvalue weighted by molar-refractivity contribution is 0.282. The summed E-state index contributed by atoms with van der Waals surface area (Å²) >= 11 is 0. The second-order valence-corrected chi connectivity index (χ2v) is 21.5. The highest BCUT2D eigenvalue weighted by Gasteiger charge is 2.24. The van der Waals surface area contributed by atoms with E-state index < -0.39 is 101 Å². The molecule has 0 heterocycles. The molecule has 396 valence electrons. The molecule has 0 unspecified atom stereocenters. The number of nitrogens with zero attached hydrogens (tertiary/aromatic N) is 8.